The third-order valence-corrected chi connectivity index (χ3v) is 9.04. The van der Waals surface area contributed by atoms with E-state index < -0.39 is 10.0 Å². The average molecular weight is 508 g/mol. The van der Waals surface area contributed by atoms with Gasteiger partial charge in [0.05, 0.1) is 16.3 Å². The van der Waals surface area contributed by atoms with Crippen molar-refractivity contribution in [2.75, 3.05) is 44.2 Å². The molecule has 32 heavy (non-hydrogen) atoms. The van der Waals surface area contributed by atoms with Crippen LogP contribution in [0.5, 0.6) is 0 Å². The van der Waals surface area contributed by atoms with Gasteiger partial charge in [-0.1, -0.05) is 50.3 Å². The van der Waals surface area contributed by atoms with E-state index >= 15 is 0 Å². The Bertz CT molecular complexity index is 846. The average Bonchev–Trinajstić information content (AvgIpc) is 2.99. The molecule has 1 aromatic carbocycles. The summed E-state index contributed by atoms with van der Waals surface area (Å²) in [7, 11) is -3.18. The van der Waals surface area contributed by atoms with Crippen LogP contribution in [0.25, 0.3) is 0 Å². The molecular formula is C22H36Cl2N4O3S. The van der Waals surface area contributed by atoms with Gasteiger partial charge in [0.1, 0.15) is 0 Å². The van der Waals surface area contributed by atoms with E-state index in [1.165, 1.54) is 12.8 Å². The first kappa shape index (κ1) is 27.2. The summed E-state index contributed by atoms with van der Waals surface area (Å²) in [6.07, 6.45) is 7.22. The molecule has 1 aromatic rings. The van der Waals surface area contributed by atoms with Gasteiger partial charge in [-0.3, -0.25) is 9.69 Å². The van der Waals surface area contributed by atoms with Crippen molar-refractivity contribution in [2.45, 2.75) is 57.4 Å². The molecule has 0 atom stereocenters. The zero-order valence-electron chi connectivity index (χ0n) is 18.8. The number of carbonyl (C=O) groups is 1. The van der Waals surface area contributed by atoms with Crippen LogP contribution >= 0.6 is 24.0 Å². The van der Waals surface area contributed by atoms with E-state index in [2.05, 4.69) is 10.2 Å². The highest BCUT2D eigenvalue weighted by Gasteiger charge is 2.40. The Balaban J connectivity index is 0.00000363. The Morgan fingerprint density at radius 1 is 1.12 bits per heavy atom. The minimum atomic E-state index is -3.18. The highest BCUT2D eigenvalue weighted by Crippen LogP contribution is 2.34. The van der Waals surface area contributed by atoms with Gasteiger partial charge in [0.25, 0.3) is 5.91 Å². The van der Waals surface area contributed by atoms with Crippen molar-refractivity contribution in [2.24, 2.45) is 0 Å². The van der Waals surface area contributed by atoms with Crippen LogP contribution in [0.1, 0.15) is 62.2 Å². The maximum absolute atomic E-state index is 12.9. The van der Waals surface area contributed by atoms with E-state index in [-0.39, 0.29) is 29.6 Å². The quantitative estimate of drug-likeness (QED) is 0.435. The van der Waals surface area contributed by atoms with Crippen molar-refractivity contribution in [3.8, 4) is 0 Å². The molecule has 0 aromatic heterocycles. The SMILES string of the molecule is CCCS(=O)(=O)N1CCN(C2(CNC(=O)c3c(N)cccc3Cl)CCCCCC2)CC1.Cl. The number of carbonyl (C=O) groups excluding carboxylic acids is 1. The molecule has 0 spiro atoms. The van der Waals surface area contributed by atoms with Crippen LogP contribution in [0.4, 0.5) is 5.69 Å². The first-order valence-electron chi connectivity index (χ1n) is 11.3. The van der Waals surface area contributed by atoms with Gasteiger partial charge in [-0.2, -0.15) is 4.31 Å². The van der Waals surface area contributed by atoms with Crippen LogP contribution in [0.15, 0.2) is 18.2 Å². The Hall–Kier alpha value is -1.06. The van der Waals surface area contributed by atoms with E-state index in [0.717, 1.165) is 25.7 Å². The number of nitrogens with zero attached hydrogens (tertiary/aromatic N) is 2. The molecule has 1 saturated heterocycles. The fraction of sp³-hybridized carbons (Fsp3) is 0.682. The Kier molecular flexibility index (Phi) is 10.1. The summed E-state index contributed by atoms with van der Waals surface area (Å²) in [5.74, 6) is -0.0520. The normalized spacial score (nSPS) is 20.2. The van der Waals surface area contributed by atoms with Gasteiger partial charge in [0.2, 0.25) is 10.0 Å². The highest BCUT2D eigenvalue weighted by atomic mass is 35.5. The van der Waals surface area contributed by atoms with E-state index in [4.69, 9.17) is 17.3 Å². The number of nitrogen functional groups attached to an aromatic ring is 1. The van der Waals surface area contributed by atoms with Crippen LogP contribution in [-0.4, -0.2) is 67.5 Å². The molecule has 10 heteroatoms. The lowest BCUT2D eigenvalue weighted by Gasteiger charge is -2.47. The van der Waals surface area contributed by atoms with Gasteiger partial charge in [-0.25, -0.2) is 8.42 Å². The summed E-state index contributed by atoms with van der Waals surface area (Å²) in [5, 5.41) is 3.45. The minimum absolute atomic E-state index is 0. The van der Waals surface area contributed by atoms with Gasteiger partial charge in [-0.15, -0.1) is 12.4 Å². The van der Waals surface area contributed by atoms with Crippen LogP contribution in [0, 0.1) is 0 Å². The molecule has 2 fully saturated rings. The van der Waals surface area contributed by atoms with Gasteiger partial charge >= 0.3 is 0 Å². The largest absolute Gasteiger partial charge is 0.398 e. The molecule has 7 nitrogen and oxygen atoms in total. The fourth-order valence-electron chi connectivity index (χ4n) is 4.93. The van der Waals surface area contributed by atoms with Gasteiger partial charge in [-0.05, 0) is 31.4 Å². The molecule has 1 saturated carbocycles. The number of nitrogens with one attached hydrogen (secondary N) is 1. The van der Waals surface area contributed by atoms with E-state index in [1.54, 1.807) is 22.5 Å². The first-order valence-corrected chi connectivity index (χ1v) is 13.3. The Morgan fingerprint density at radius 3 is 2.31 bits per heavy atom. The Labute approximate surface area is 203 Å². The molecule has 1 amide bonds. The number of amides is 1. The van der Waals surface area contributed by atoms with E-state index in [1.807, 2.05) is 6.92 Å². The Morgan fingerprint density at radius 2 is 1.75 bits per heavy atom. The number of rotatable bonds is 7. The number of halogens is 2. The van der Waals surface area contributed by atoms with Crippen molar-refractivity contribution in [3.63, 3.8) is 0 Å². The minimum Gasteiger partial charge on any atom is -0.398 e. The topological polar surface area (TPSA) is 95.7 Å². The maximum atomic E-state index is 12.9. The van der Waals surface area contributed by atoms with Crippen molar-refractivity contribution in [1.29, 1.82) is 0 Å². The summed E-state index contributed by atoms with van der Waals surface area (Å²) >= 11 is 6.23. The van der Waals surface area contributed by atoms with Gasteiger partial charge in [0, 0.05) is 44.0 Å². The molecule has 1 aliphatic heterocycles. The highest BCUT2D eigenvalue weighted by molar-refractivity contribution is 7.89. The molecule has 3 rings (SSSR count). The second-order valence-electron chi connectivity index (χ2n) is 8.73. The lowest BCUT2D eigenvalue weighted by molar-refractivity contribution is 0.0392. The van der Waals surface area contributed by atoms with Crippen molar-refractivity contribution in [1.82, 2.24) is 14.5 Å². The fourth-order valence-corrected chi connectivity index (χ4v) is 6.69. The molecule has 0 radical (unpaired) electrons. The standard InChI is InChI=1S/C22H35ClN4O3S.ClH/c1-2-16-31(29,30)27-14-12-26(13-15-27)22(10-5-3-4-6-11-22)17-25-21(28)20-18(23)8-7-9-19(20)24;/h7-9H,2-6,10-17,24H2,1H3,(H,25,28);1H. The third kappa shape index (κ3) is 6.29. The van der Waals surface area contributed by atoms with E-state index in [9.17, 15) is 13.2 Å². The predicted octanol–water partition coefficient (Wildman–Crippen LogP) is 3.52. The van der Waals surface area contributed by atoms with E-state index in [0.29, 0.717) is 55.4 Å². The van der Waals surface area contributed by atoms with Crippen LogP contribution in [-0.2, 0) is 10.0 Å². The van der Waals surface area contributed by atoms with Crippen molar-refractivity contribution >= 4 is 45.6 Å². The molecule has 3 N–H and O–H groups in total. The van der Waals surface area contributed by atoms with Gasteiger partial charge in [0.15, 0.2) is 0 Å². The van der Waals surface area contributed by atoms with Crippen LogP contribution in [0.2, 0.25) is 5.02 Å². The van der Waals surface area contributed by atoms with Crippen molar-refractivity contribution < 1.29 is 13.2 Å². The number of hydrogen-bond acceptors (Lipinski definition) is 5. The summed E-state index contributed by atoms with van der Waals surface area (Å²) in [5.41, 5.74) is 6.52. The zero-order chi connectivity index (χ0) is 22.5. The molecule has 2 aliphatic rings. The van der Waals surface area contributed by atoms with Gasteiger partial charge < -0.3 is 11.1 Å². The molecule has 1 aliphatic carbocycles. The first-order chi connectivity index (χ1) is 14.8. The van der Waals surface area contributed by atoms with Crippen LogP contribution < -0.4 is 11.1 Å². The zero-order valence-corrected chi connectivity index (χ0v) is 21.2. The number of nitrogens with two attached hydrogens (primary N) is 1. The molecular weight excluding hydrogens is 471 g/mol. The number of benzene rings is 1. The molecule has 0 bridgehead atoms. The molecule has 0 unspecified atom stereocenters. The third-order valence-electron chi connectivity index (χ3n) is 6.65. The molecule has 1 heterocycles. The second-order valence-corrected chi connectivity index (χ2v) is 11.2. The lowest BCUT2D eigenvalue weighted by Crippen LogP contribution is -2.61. The summed E-state index contributed by atoms with van der Waals surface area (Å²) in [6.45, 7) is 4.80. The number of sulfonamides is 1. The maximum Gasteiger partial charge on any atom is 0.254 e. The number of anilines is 1. The lowest BCUT2D eigenvalue weighted by atomic mass is 9.87. The summed E-state index contributed by atoms with van der Waals surface area (Å²) in [4.78, 5) is 15.3. The monoisotopic (exact) mass is 506 g/mol. The second kappa shape index (κ2) is 11.9. The van der Waals surface area contributed by atoms with Crippen LogP contribution in [0.3, 0.4) is 0 Å². The molecule has 182 valence electrons. The number of piperazine rings is 1. The summed E-state index contributed by atoms with van der Waals surface area (Å²) < 4.78 is 26.6. The van der Waals surface area contributed by atoms with Crippen molar-refractivity contribution in [3.05, 3.63) is 28.8 Å². The summed E-state index contributed by atoms with van der Waals surface area (Å²) in [6, 6.07) is 5.08. The number of hydrogen-bond donors (Lipinski definition) is 2. The smallest absolute Gasteiger partial charge is 0.254 e. The predicted molar refractivity (Wildman–Crippen MR) is 133 cm³/mol.